The smallest absolute Gasteiger partial charge is 0.225 e. The Morgan fingerprint density at radius 1 is 0.471 bits per heavy atom. The van der Waals surface area contributed by atoms with Gasteiger partial charge in [0.1, 0.15) is 24.3 Å². The lowest BCUT2D eigenvalue weighted by Gasteiger charge is -2.40. The van der Waals surface area contributed by atoms with Crippen LogP contribution in [-0.2, 0) is 12.8 Å². The summed E-state index contributed by atoms with van der Waals surface area (Å²) in [5, 5.41) is 1.90. The Balaban J connectivity index is 0.000000182. The molecule has 0 bridgehead atoms. The van der Waals surface area contributed by atoms with Crippen LogP contribution < -0.4 is 38.5 Å². The maximum atomic E-state index is 5.51. The predicted octanol–water partition coefficient (Wildman–Crippen LogP) is 8.43. The molecule has 0 aliphatic carbocycles. The van der Waals surface area contributed by atoms with Gasteiger partial charge in [0.15, 0.2) is 23.0 Å². The Bertz CT molecular complexity index is 2940. The van der Waals surface area contributed by atoms with Crippen molar-refractivity contribution in [2.24, 2.45) is 0 Å². The topological polar surface area (TPSA) is 153 Å². The van der Waals surface area contributed by atoms with Gasteiger partial charge in [0, 0.05) is 112 Å². The number of hydrogen-bond donors (Lipinski definition) is 0. The lowest BCUT2D eigenvalue weighted by molar-refractivity contribution is 0.356. The van der Waals surface area contributed by atoms with E-state index in [1.54, 1.807) is 41.1 Å². The molecule has 16 nitrogen and oxygen atoms in total. The van der Waals surface area contributed by atoms with Crippen LogP contribution in [0.5, 0.6) is 23.0 Å². The van der Waals surface area contributed by atoms with Crippen molar-refractivity contribution in [1.82, 2.24) is 39.9 Å². The number of aromatic nitrogens is 8. The van der Waals surface area contributed by atoms with Gasteiger partial charge < -0.3 is 38.5 Å². The Morgan fingerprint density at radius 3 is 1.41 bits per heavy atom. The first-order valence-electron chi connectivity index (χ1n) is 23.8. The monoisotopic (exact) mass is 943 g/mol. The number of rotatable bonds is 12. The fourth-order valence-electron chi connectivity index (χ4n) is 8.77. The van der Waals surface area contributed by atoms with Crippen molar-refractivity contribution in [3.05, 3.63) is 144 Å². The second-order valence-electron chi connectivity index (χ2n) is 16.9. The molecular weight excluding hydrogens is 881 g/mol. The molecular formula is C54H62N12O4. The summed E-state index contributed by atoms with van der Waals surface area (Å²) in [5.74, 6) is 5.99. The summed E-state index contributed by atoms with van der Waals surface area (Å²) >= 11 is 0. The molecule has 4 aromatic carbocycles. The average molecular weight is 943 g/mol. The molecule has 6 heterocycles. The zero-order valence-electron chi connectivity index (χ0n) is 41.4. The number of piperazine rings is 2. The zero-order valence-corrected chi connectivity index (χ0v) is 41.4. The largest absolute Gasteiger partial charge is 0.493 e. The molecule has 0 amide bonds. The Hall–Kier alpha value is -7.88. The summed E-state index contributed by atoms with van der Waals surface area (Å²) in [6, 6.07) is 26.9. The van der Waals surface area contributed by atoms with Crippen molar-refractivity contribution in [2.45, 2.75) is 46.6 Å². The van der Waals surface area contributed by atoms with Gasteiger partial charge in [-0.05, 0) is 48.2 Å². The first-order chi connectivity index (χ1) is 34.3. The van der Waals surface area contributed by atoms with Crippen molar-refractivity contribution in [3.8, 4) is 23.0 Å². The summed E-state index contributed by atoms with van der Waals surface area (Å²) in [4.78, 5) is 45.8. The van der Waals surface area contributed by atoms with E-state index >= 15 is 0 Å². The van der Waals surface area contributed by atoms with E-state index in [-0.39, 0.29) is 6.04 Å². The summed E-state index contributed by atoms with van der Waals surface area (Å²) in [7, 11) is 6.53. The van der Waals surface area contributed by atoms with Crippen LogP contribution in [0, 0.1) is 6.92 Å². The SMILES string of the molecule is CC.COc1cc2ncnc(N3CCN(c4ncc(Cc5ccc(C)cc5)cn4)CC3)c2cc1OC.COc1cc2ncnc(N3CCN(c4ncc(Cc5ccccc5)cn4)C(C)C3)c2cc1OC. The van der Waals surface area contributed by atoms with Gasteiger partial charge in [-0.2, -0.15) is 0 Å². The Labute approximate surface area is 410 Å². The quantitative estimate of drug-likeness (QED) is 0.115. The first-order valence-corrected chi connectivity index (χ1v) is 23.8. The van der Waals surface area contributed by atoms with Crippen LogP contribution in [0.25, 0.3) is 21.8 Å². The van der Waals surface area contributed by atoms with Crippen molar-refractivity contribution >= 4 is 45.3 Å². The number of benzene rings is 4. The fourth-order valence-corrected chi connectivity index (χ4v) is 8.77. The second kappa shape index (κ2) is 22.9. The lowest BCUT2D eigenvalue weighted by Crippen LogP contribution is -2.53. The number of nitrogens with zero attached hydrogens (tertiary/aromatic N) is 12. The molecule has 2 aliphatic heterocycles. The third-order valence-corrected chi connectivity index (χ3v) is 12.4. The van der Waals surface area contributed by atoms with E-state index < -0.39 is 0 Å². The van der Waals surface area contributed by atoms with Crippen molar-refractivity contribution in [2.75, 3.05) is 93.9 Å². The van der Waals surface area contributed by atoms with Gasteiger partial charge in [-0.3, -0.25) is 0 Å². The van der Waals surface area contributed by atoms with Crippen molar-refractivity contribution in [3.63, 3.8) is 0 Å². The minimum Gasteiger partial charge on any atom is -0.493 e. The highest BCUT2D eigenvalue weighted by Crippen LogP contribution is 2.37. The maximum absolute atomic E-state index is 5.51. The van der Waals surface area contributed by atoms with Crippen LogP contribution in [0.1, 0.15) is 48.6 Å². The number of hydrogen-bond acceptors (Lipinski definition) is 16. The van der Waals surface area contributed by atoms with Gasteiger partial charge in [0.25, 0.3) is 0 Å². The number of anilines is 4. The summed E-state index contributed by atoms with van der Waals surface area (Å²) in [6.07, 6.45) is 12.6. The van der Waals surface area contributed by atoms with Crippen LogP contribution >= 0.6 is 0 Å². The molecule has 0 saturated carbocycles. The van der Waals surface area contributed by atoms with Gasteiger partial charge in [0.05, 0.1) is 39.5 Å². The standard InChI is InChI=1S/2C26H28N6O2.C2H6/c1-18-4-6-19(7-5-18)12-20-15-27-26(28-16-20)32-10-8-31(9-11-32)25-21-13-23(33-2)24(34-3)14-22(21)29-17-30-25;1-18-16-31(25-21-12-23(33-2)24(34-3)13-22(21)29-17-30-25)9-10-32(18)26-27-14-20(15-28-26)11-19-7-5-4-6-8-19;1-2/h4-7,13-17H,8-12H2,1-3H3;4-8,12-15,17-18H,9-11,16H2,1-3H3;1-2H3. The molecule has 4 aromatic heterocycles. The molecule has 70 heavy (non-hydrogen) atoms. The molecule has 8 aromatic rings. The minimum absolute atomic E-state index is 0.221. The average Bonchev–Trinajstić information content (AvgIpc) is 3.42. The maximum Gasteiger partial charge on any atom is 0.225 e. The summed E-state index contributed by atoms with van der Waals surface area (Å²) in [6.45, 7) is 14.0. The Kier molecular flexibility index (Phi) is 15.9. The third-order valence-electron chi connectivity index (χ3n) is 12.4. The third kappa shape index (κ3) is 11.2. The number of ether oxygens (including phenoxy) is 4. The number of fused-ring (bicyclic) bond motifs is 2. The minimum atomic E-state index is 0.221. The van der Waals surface area contributed by atoms with Crippen LogP contribution in [0.15, 0.2) is 116 Å². The van der Waals surface area contributed by atoms with Gasteiger partial charge in [-0.25, -0.2) is 39.9 Å². The highest BCUT2D eigenvalue weighted by atomic mass is 16.5. The van der Waals surface area contributed by atoms with Gasteiger partial charge >= 0.3 is 0 Å². The van der Waals surface area contributed by atoms with Crippen molar-refractivity contribution < 1.29 is 18.9 Å². The van der Waals surface area contributed by atoms with Crippen LogP contribution in [0.2, 0.25) is 0 Å². The molecule has 0 radical (unpaired) electrons. The molecule has 0 N–H and O–H groups in total. The van der Waals surface area contributed by atoms with E-state index in [1.807, 2.05) is 69.0 Å². The lowest BCUT2D eigenvalue weighted by atomic mass is 10.1. The van der Waals surface area contributed by atoms with Gasteiger partial charge in [0.2, 0.25) is 11.9 Å². The van der Waals surface area contributed by atoms with Crippen LogP contribution in [-0.4, -0.2) is 120 Å². The molecule has 1 unspecified atom stereocenters. The van der Waals surface area contributed by atoms with E-state index in [9.17, 15) is 0 Å². The molecule has 1 atom stereocenters. The van der Waals surface area contributed by atoms with Gasteiger partial charge in [-0.1, -0.05) is 74.0 Å². The number of methoxy groups -OCH3 is 4. The predicted molar refractivity (Wildman–Crippen MR) is 277 cm³/mol. The second-order valence-corrected chi connectivity index (χ2v) is 16.9. The number of aryl methyl sites for hydroxylation is 1. The van der Waals surface area contributed by atoms with E-state index in [1.165, 1.54) is 16.7 Å². The normalized spacial score (nSPS) is 14.6. The molecule has 2 aliphatic rings. The molecule has 362 valence electrons. The summed E-state index contributed by atoms with van der Waals surface area (Å²) < 4.78 is 21.8. The highest BCUT2D eigenvalue weighted by molar-refractivity contribution is 5.93. The van der Waals surface area contributed by atoms with E-state index in [0.29, 0.717) is 23.0 Å². The van der Waals surface area contributed by atoms with Crippen molar-refractivity contribution in [1.29, 1.82) is 0 Å². The Morgan fingerprint density at radius 2 is 0.914 bits per heavy atom. The molecule has 16 heteroatoms. The molecule has 0 spiro atoms. The fraction of sp³-hybridized carbons (Fsp3) is 0.333. The van der Waals surface area contributed by atoms with Crippen LogP contribution in [0.3, 0.4) is 0 Å². The highest BCUT2D eigenvalue weighted by Gasteiger charge is 2.28. The van der Waals surface area contributed by atoms with E-state index in [4.69, 9.17) is 18.9 Å². The molecule has 2 saturated heterocycles. The van der Waals surface area contributed by atoms with E-state index in [2.05, 4.69) is 122 Å². The van der Waals surface area contributed by atoms with Gasteiger partial charge in [-0.15, -0.1) is 0 Å². The molecule has 10 rings (SSSR count). The molecule has 2 fully saturated rings. The first kappa shape index (κ1) is 48.6. The summed E-state index contributed by atoms with van der Waals surface area (Å²) in [5.41, 5.74) is 7.67. The van der Waals surface area contributed by atoms with E-state index in [0.717, 1.165) is 115 Å². The van der Waals surface area contributed by atoms with Crippen LogP contribution in [0.4, 0.5) is 23.5 Å². The zero-order chi connectivity index (χ0) is 49.0.